The van der Waals surface area contributed by atoms with Crippen molar-refractivity contribution in [1.82, 2.24) is 4.98 Å². The van der Waals surface area contributed by atoms with Crippen LogP contribution in [0.15, 0.2) is 16.7 Å². The van der Waals surface area contributed by atoms with Gasteiger partial charge in [-0.25, -0.2) is 4.98 Å². The van der Waals surface area contributed by atoms with Crippen molar-refractivity contribution >= 4 is 33.2 Å². The van der Waals surface area contributed by atoms with Gasteiger partial charge in [0.05, 0.1) is 5.69 Å². The fourth-order valence-electron chi connectivity index (χ4n) is 1.67. The van der Waals surface area contributed by atoms with Gasteiger partial charge < -0.3 is 5.32 Å². The molecule has 0 aliphatic heterocycles. The number of unbranched alkanes of at least 4 members (excludes halogenated alkanes) is 5. The summed E-state index contributed by atoms with van der Waals surface area (Å²) in [5.41, 5.74) is 0.912. The molecule has 0 atom stereocenters. The standard InChI is InChI=1S/C13H20BrClN2/c1-2-3-4-5-6-7-8-16-12-9-11(14)10-17-13(12)15/h9-10,16H,2-8H2,1H3. The highest BCUT2D eigenvalue weighted by atomic mass is 79.9. The van der Waals surface area contributed by atoms with Crippen LogP contribution in [0.25, 0.3) is 0 Å². The van der Waals surface area contributed by atoms with Crippen molar-refractivity contribution in [3.63, 3.8) is 0 Å². The molecule has 1 rings (SSSR count). The van der Waals surface area contributed by atoms with E-state index in [1.54, 1.807) is 6.20 Å². The summed E-state index contributed by atoms with van der Waals surface area (Å²) in [6.45, 7) is 3.20. The molecule has 0 aliphatic rings. The minimum absolute atomic E-state index is 0.541. The second-order valence-electron chi connectivity index (χ2n) is 4.19. The third kappa shape index (κ3) is 6.27. The van der Waals surface area contributed by atoms with Gasteiger partial charge in [-0.1, -0.05) is 50.6 Å². The molecule has 96 valence electrons. The van der Waals surface area contributed by atoms with Crippen LogP contribution in [0, 0.1) is 0 Å². The van der Waals surface area contributed by atoms with Gasteiger partial charge in [-0.05, 0) is 28.4 Å². The first-order chi connectivity index (χ1) is 8.24. The van der Waals surface area contributed by atoms with Gasteiger partial charge in [0.25, 0.3) is 0 Å². The molecule has 0 spiro atoms. The van der Waals surface area contributed by atoms with E-state index in [-0.39, 0.29) is 0 Å². The number of anilines is 1. The van der Waals surface area contributed by atoms with Crippen LogP contribution in [0.2, 0.25) is 5.15 Å². The Hall–Kier alpha value is -0.280. The third-order valence-electron chi connectivity index (χ3n) is 2.65. The Balaban J connectivity index is 2.15. The van der Waals surface area contributed by atoms with Gasteiger partial charge in [0.15, 0.2) is 5.15 Å². The number of nitrogens with zero attached hydrogens (tertiary/aromatic N) is 1. The van der Waals surface area contributed by atoms with Crippen molar-refractivity contribution in [2.24, 2.45) is 0 Å². The quantitative estimate of drug-likeness (QED) is 0.521. The summed E-state index contributed by atoms with van der Waals surface area (Å²) >= 11 is 9.37. The molecular formula is C13H20BrClN2. The Kier molecular flexibility index (Phi) is 7.62. The largest absolute Gasteiger partial charge is 0.383 e. The van der Waals surface area contributed by atoms with E-state index in [0.717, 1.165) is 16.7 Å². The molecule has 0 radical (unpaired) electrons. The monoisotopic (exact) mass is 318 g/mol. The lowest BCUT2D eigenvalue weighted by atomic mass is 10.1. The molecular weight excluding hydrogens is 300 g/mol. The average Bonchev–Trinajstić information content (AvgIpc) is 2.32. The summed E-state index contributed by atoms with van der Waals surface area (Å²) in [6, 6.07) is 1.96. The molecule has 2 nitrogen and oxygen atoms in total. The van der Waals surface area contributed by atoms with E-state index in [1.807, 2.05) is 6.07 Å². The van der Waals surface area contributed by atoms with Crippen molar-refractivity contribution in [2.75, 3.05) is 11.9 Å². The number of hydrogen-bond donors (Lipinski definition) is 1. The van der Waals surface area contributed by atoms with Gasteiger partial charge in [0.2, 0.25) is 0 Å². The SMILES string of the molecule is CCCCCCCCNc1cc(Br)cnc1Cl. The zero-order valence-corrected chi connectivity index (χ0v) is 12.6. The first-order valence-corrected chi connectivity index (χ1v) is 7.46. The van der Waals surface area contributed by atoms with Crippen molar-refractivity contribution in [3.05, 3.63) is 21.9 Å². The third-order valence-corrected chi connectivity index (χ3v) is 3.39. The normalized spacial score (nSPS) is 10.5. The van der Waals surface area contributed by atoms with E-state index >= 15 is 0 Å². The van der Waals surface area contributed by atoms with Crippen LogP contribution in [0.5, 0.6) is 0 Å². The number of aromatic nitrogens is 1. The maximum Gasteiger partial charge on any atom is 0.152 e. The summed E-state index contributed by atoms with van der Waals surface area (Å²) < 4.78 is 0.951. The fourth-order valence-corrected chi connectivity index (χ4v) is 2.18. The van der Waals surface area contributed by atoms with Gasteiger partial charge in [-0.3, -0.25) is 0 Å². The number of hydrogen-bond acceptors (Lipinski definition) is 2. The molecule has 17 heavy (non-hydrogen) atoms. The summed E-state index contributed by atoms with van der Waals surface area (Å²) in [4.78, 5) is 4.07. The lowest BCUT2D eigenvalue weighted by molar-refractivity contribution is 0.617. The highest BCUT2D eigenvalue weighted by Crippen LogP contribution is 2.22. The molecule has 0 unspecified atom stereocenters. The van der Waals surface area contributed by atoms with Crippen LogP contribution in [-0.2, 0) is 0 Å². The number of rotatable bonds is 8. The van der Waals surface area contributed by atoms with Gasteiger partial charge in [-0.15, -0.1) is 0 Å². The smallest absolute Gasteiger partial charge is 0.152 e. The van der Waals surface area contributed by atoms with E-state index in [2.05, 4.69) is 33.2 Å². The van der Waals surface area contributed by atoms with Crippen LogP contribution in [0.1, 0.15) is 45.4 Å². The summed E-state index contributed by atoms with van der Waals surface area (Å²) in [6.07, 6.45) is 9.53. The predicted molar refractivity (Wildman–Crippen MR) is 78.8 cm³/mol. The average molecular weight is 320 g/mol. The lowest BCUT2D eigenvalue weighted by Gasteiger charge is -2.07. The van der Waals surface area contributed by atoms with Crippen LogP contribution >= 0.6 is 27.5 Å². The Bertz CT molecular complexity index is 331. The molecule has 0 amide bonds. The van der Waals surface area contributed by atoms with Gasteiger partial charge >= 0.3 is 0 Å². The molecule has 1 N–H and O–H groups in total. The van der Waals surface area contributed by atoms with Crippen LogP contribution in [0.4, 0.5) is 5.69 Å². The Morgan fingerprint density at radius 1 is 1.24 bits per heavy atom. The molecule has 0 aromatic carbocycles. The molecule has 1 heterocycles. The van der Waals surface area contributed by atoms with E-state index in [1.165, 1.54) is 38.5 Å². The number of nitrogens with one attached hydrogen (secondary N) is 1. The minimum atomic E-state index is 0.541. The van der Waals surface area contributed by atoms with Gasteiger partial charge in [0.1, 0.15) is 0 Å². The van der Waals surface area contributed by atoms with Crippen LogP contribution < -0.4 is 5.32 Å². The van der Waals surface area contributed by atoms with Crippen LogP contribution in [-0.4, -0.2) is 11.5 Å². The van der Waals surface area contributed by atoms with Crippen molar-refractivity contribution in [2.45, 2.75) is 45.4 Å². The Morgan fingerprint density at radius 3 is 2.71 bits per heavy atom. The summed E-state index contributed by atoms with van der Waals surface area (Å²) in [5, 5.41) is 3.86. The minimum Gasteiger partial charge on any atom is -0.383 e. The van der Waals surface area contributed by atoms with E-state index in [9.17, 15) is 0 Å². The van der Waals surface area contributed by atoms with E-state index in [0.29, 0.717) is 5.15 Å². The molecule has 1 aromatic rings. The highest BCUT2D eigenvalue weighted by molar-refractivity contribution is 9.10. The second-order valence-corrected chi connectivity index (χ2v) is 5.46. The molecule has 0 saturated carbocycles. The number of pyridine rings is 1. The molecule has 0 saturated heterocycles. The predicted octanol–water partition coefficient (Wildman–Crippen LogP) is 5.27. The van der Waals surface area contributed by atoms with Crippen molar-refractivity contribution in [1.29, 1.82) is 0 Å². The highest BCUT2D eigenvalue weighted by Gasteiger charge is 2.01. The second kappa shape index (κ2) is 8.76. The Morgan fingerprint density at radius 2 is 1.94 bits per heavy atom. The fraction of sp³-hybridized carbons (Fsp3) is 0.615. The molecule has 0 bridgehead atoms. The molecule has 0 aliphatic carbocycles. The maximum absolute atomic E-state index is 5.98. The van der Waals surface area contributed by atoms with Crippen LogP contribution in [0.3, 0.4) is 0 Å². The topological polar surface area (TPSA) is 24.9 Å². The molecule has 4 heteroatoms. The van der Waals surface area contributed by atoms with Crippen molar-refractivity contribution in [3.8, 4) is 0 Å². The summed E-state index contributed by atoms with van der Waals surface area (Å²) in [5.74, 6) is 0. The molecule has 0 fully saturated rings. The van der Waals surface area contributed by atoms with E-state index in [4.69, 9.17) is 11.6 Å². The first kappa shape index (κ1) is 14.8. The Labute approximate surface area is 117 Å². The van der Waals surface area contributed by atoms with Gasteiger partial charge in [-0.2, -0.15) is 0 Å². The zero-order valence-electron chi connectivity index (χ0n) is 10.3. The maximum atomic E-state index is 5.98. The molecule has 1 aromatic heterocycles. The van der Waals surface area contributed by atoms with Gasteiger partial charge in [0, 0.05) is 17.2 Å². The summed E-state index contributed by atoms with van der Waals surface area (Å²) in [7, 11) is 0. The van der Waals surface area contributed by atoms with Crippen molar-refractivity contribution < 1.29 is 0 Å². The number of halogens is 2. The lowest BCUT2D eigenvalue weighted by Crippen LogP contribution is -2.02. The first-order valence-electron chi connectivity index (χ1n) is 6.29. The zero-order chi connectivity index (χ0) is 12.5. The van der Waals surface area contributed by atoms with E-state index < -0.39 is 0 Å².